The van der Waals surface area contributed by atoms with Gasteiger partial charge in [0.2, 0.25) is 5.95 Å². The fourth-order valence-corrected chi connectivity index (χ4v) is 3.03. The van der Waals surface area contributed by atoms with E-state index < -0.39 is 0 Å². The van der Waals surface area contributed by atoms with Crippen LogP contribution in [0.4, 0.5) is 5.95 Å². The highest BCUT2D eigenvalue weighted by Crippen LogP contribution is 2.17. The Balaban J connectivity index is 1.39. The molecule has 0 radical (unpaired) electrons. The molecule has 1 fully saturated rings. The molecule has 23 heavy (non-hydrogen) atoms. The summed E-state index contributed by atoms with van der Waals surface area (Å²) in [6.07, 6.45) is 6.98. The van der Waals surface area contributed by atoms with E-state index in [0.29, 0.717) is 6.04 Å². The van der Waals surface area contributed by atoms with Crippen LogP contribution in [0.5, 0.6) is 0 Å². The van der Waals surface area contributed by atoms with Crippen molar-refractivity contribution in [2.75, 3.05) is 24.5 Å². The predicted molar refractivity (Wildman–Crippen MR) is 89.4 cm³/mol. The molecule has 3 rings (SSSR count). The third kappa shape index (κ3) is 4.48. The third-order valence-corrected chi connectivity index (χ3v) is 4.22. The van der Waals surface area contributed by atoms with Crippen LogP contribution in [0.1, 0.15) is 30.7 Å². The van der Waals surface area contributed by atoms with Crippen LogP contribution in [0.15, 0.2) is 18.5 Å². The van der Waals surface area contributed by atoms with Gasteiger partial charge in [-0.25, -0.2) is 9.97 Å². The molecule has 0 saturated carbocycles. The van der Waals surface area contributed by atoms with Gasteiger partial charge in [0.05, 0.1) is 6.20 Å². The van der Waals surface area contributed by atoms with Gasteiger partial charge in [0.25, 0.3) is 0 Å². The van der Waals surface area contributed by atoms with Gasteiger partial charge in [-0.05, 0) is 45.7 Å². The first-order valence-electron chi connectivity index (χ1n) is 8.35. The summed E-state index contributed by atoms with van der Waals surface area (Å²) in [5, 5.41) is 11.4. The quantitative estimate of drug-likeness (QED) is 0.811. The van der Waals surface area contributed by atoms with E-state index in [-0.39, 0.29) is 0 Å². The van der Waals surface area contributed by atoms with Gasteiger partial charge in [0.15, 0.2) is 0 Å². The molecule has 3 heterocycles. The Labute approximate surface area is 137 Å². The van der Waals surface area contributed by atoms with Gasteiger partial charge in [-0.3, -0.25) is 4.68 Å². The van der Waals surface area contributed by atoms with Crippen molar-refractivity contribution in [1.29, 1.82) is 0 Å². The van der Waals surface area contributed by atoms with Crippen LogP contribution >= 0.6 is 0 Å². The maximum atomic E-state index is 4.57. The molecule has 0 amide bonds. The van der Waals surface area contributed by atoms with Crippen molar-refractivity contribution < 1.29 is 0 Å². The van der Waals surface area contributed by atoms with Gasteiger partial charge in [-0.2, -0.15) is 0 Å². The van der Waals surface area contributed by atoms with Crippen LogP contribution in [-0.4, -0.2) is 50.6 Å². The van der Waals surface area contributed by atoms with Crippen molar-refractivity contribution >= 4 is 5.95 Å². The number of aryl methyl sites for hydroxylation is 3. The first-order valence-corrected chi connectivity index (χ1v) is 8.35. The lowest BCUT2D eigenvalue weighted by molar-refractivity contribution is 0.401. The molecule has 0 aromatic carbocycles. The molecule has 124 valence electrons. The molecule has 0 aliphatic carbocycles. The normalized spacial score (nSPS) is 16.0. The summed E-state index contributed by atoms with van der Waals surface area (Å²) in [6, 6.07) is 2.61. The van der Waals surface area contributed by atoms with Crippen molar-refractivity contribution in [2.45, 2.75) is 45.7 Å². The molecule has 1 aliphatic heterocycles. The largest absolute Gasteiger partial charge is 0.341 e. The van der Waals surface area contributed by atoms with Crippen LogP contribution in [0, 0.1) is 13.8 Å². The Kier molecular flexibility index (Phi) is 5.17. The molecular weight excluding hydrogens is 290 g/mol. The molecule has 0 atom stereocenters. The minimum Gasteiger partial charge on any atom is -0.341 e. The topological polar surface area (TPSA) is 71.8 Å². The lowest BCUT2D eigenvalue weighted by Gasteiger charge is -2.32. The number of nitrogens with one attached hydrogen (secondary N) is 1. The molecule has 0 unspecified atom stereocenters. The van der Waals surface area contributed by atoms with Crippen molar-refractivity contribution in [3.63, 3.8) is 0 Å². The molecule has 2 aromatic heterocycles. The summed E-state index contributed by atoms with van der Waals surface area (Å²) >= 11 is 0. The zero-order valence-electron chi connectivity index (χ0n) is 13.9. The predicted octanol–water partition coefficient (Wildman–Crippen LogP) is 1.33. The van der Waals surface area contributed by atoms with Gasteiger partial charge in [0, 0.05) is 43.3 Å². The lowest BCUT2D eigenvalue weighted by atomic mass is 10.1. The number of hydrogen-bond acceptors (Lipinski definition) is 6. The molecule has 1 saturated heterocycles. The van der Waals surface area contributed by atoms with Crippen LogP contribution in [0.2, 0.25) is 0 Å². The van der Waals surface area contributed by atoms with Crippen LogP contribution < -0.4 is 10.2 Å². The smallest absolute Gasteiger partial charge is 0.225 e. The highest BCUT2D eigenvalue weighted by atomic mass is 15.4. The van der Waals surface area contributed by atoms with E-state index in [4.69, 9.17) is 0 Å². The van der Waals surface area contributed by atoms with E-state index in [1.54, 1.807) is 6.20 Å². The van der Waals surface area contributed by atoms with Crippen molar-refractivity contribution in [3.05, 3.63) is 29.8 Å². The number of rotatable bonds is 6. The lowest BCUT2D eigenvalue weighted by Crippen LogP contribution is -2.43. The van der Waals surface area contributed by atoms with E-state index in [0.717, 1.165) is 62.8 Å². The summed E-state index contributed by atoms with van der Waals surface area (Å²) in [5.74, 6) is 0.882. The van der Waals surface area contributed by atoms with E-state index in [2.05, 4.69) is 30.5 Å². The number of aromatic nitrogens is 5. The van der Waals surface area contributed by atoms with Gasteiger partial charge in [-0.15, -0.1) is 5.10 Å². The Bertz CT molecular complexity index is 583. The Morgan fingerprint density at radius 2 is 1.91 bits per heavy atom. The molecule has 2 aromatic rings. The van der Waals surface area contributed by atoms with Crippen LogP contribution in [-0.2, 0) is 6.54 Å². The van der Waals surface area contributed by atoms with E-state index in [1.165, 1.54) is 0 Å². The van der Waals surface area contributed by atoms with Gasteiger partial charge < -0.3 is 10.2 Å². The van der Waals surface area contributed by atoms with Gasteiger partial charge in [0.1, 0.15) is 0 Å². The zero-order valence-corrected chi connectivity index (χ0v) is 13.9. The fraction of sp³-hybridized carbons (Fsp3) is 0.625. The highest BCUT2D eigenvalue weighted by molar-refractivity contribution is 5.32. The maximum Gasteiger partial charge on any atom is 0.225 e. The van der Waals surface area contributed by atoms with Crippen LogP contribution in [0.25, 0.3) is 0 Å². The van der Waals surface area contributed by atoms with E-state index in [1.807, 2.05) is 30.8 Å². The Hall–Kier alpha value is -2.02. The van der Waals surface area contributed by atoms with Crippen molar-refractivity contribution in [3.8, 4) is 0 Å². The van der Waals surface area contributed by atoms with Crippen molar-refractivity contribution in [1.82, 2.24) is 30.3 Å². The standard InChI is InChI=1S/C16H25N7/c1-13-12-14(2)20-16(19-13)22-9-4-15(5-10-22)17-6-3-8-23-11-7-18-21-23/h7,11-12,15,17H,3-6,8-10H2,1-2H3. The molecule has 1 aliphatic rings. The van der Waals surface area contributed by atoms with Crippen LogP contribution in [0.3, 0.4) is 0 Å². The Morgan fingerprint density at radius 1 is 1.17 bits per heavy atom. The number of nitrogens with zero attached hydrogens (tertiary/aromatic N) is 6. The molecular formula is C16H25N7. The highest BCUT2D eigenvalue weighted by Gasteiger charge is 2.20. The third-order valence-electron chi connectivity index (χ3n) is 4.22. The number of piperidine rings is 1. The van der Waals surface area contributed by atoms with Gasteiger partial charge >= 0.3 is 0 Å². The minimum absolute atomic E-state index is 0.591. The van der Waals surface area contributed by atoms with E-state index in [9.17, 15) is 0 Å². The zero-order chi connectivity index (χ0) is 16.1. The summed E-state index contributed by atoms with van der Waals surface area (Å²) < 4.78 is 1.88. The average molecular weight is 315 g/mol. The summed E-state index contributed by atoms with van der Waals surface area (Å²) in [6.45, 7) is 8.03. The Morgan fingerprint density at radius 3 is 2.57 bits per heavy atom. The molecule has 7 nitrogen and oxygen atoms in total. The second-order valence-corrected chi connectivity index (χ2v) is 6.19. The molecule has 7 heteroatoms. The average Bonchev–Trinajstić information content (AvgIpc) is 3.04. The summed E-state index contributed by atoms with van der Waals surface area (Å²) in [5.41, 5.74) is 2.08. The van der Waals surface area contributed by atoms with Gasteiger partial charge in [-0.1, -0.05) is 5.21 Å². The first-order chi connectivity index (χ1) is 11.2. The first kappa shape index (κ1) is 15.9. The molecule has 1 N–H and O–H groups in total. The maximum absolute atomic E-state index is 4.57. The van der Waals surface area contributed by atoms with Crippen molar-refractivity contribution in [2.24, 2.45) is 0 Å². The minimum atomic E-state index is 0.591. The molecule has 0 spiro atoms. The fourth-order valence-electron chi connectivity index (χ4n) is 3.03. The second kappa shape index (κ2) is 7.50. The van der Waals surface area contributed by atoms with E-state index >= 15 is 0 Å². The summed E-state index contributed by atoms with van der Waals surface area (Å²) in [4.78, 5) is 11.4. The summed E-state index contributed by atoms with van der Waals surface area (Å²) in [7, 11) is 0. The second-order valence-electron chi connectivity index (χ2n) is 6.19. The number of anilines is 1. The molecule has 0 bridgehead atoms. The monoisotopic (exact) mass is 315 g/mol. The SMILES string of the molecule is Cc1cc(C)nc(N2CCC(NCCCn3ccnn3)CC2)n1. The number of hydrogen-bond donors (Lipinski definition) is 1.